The van der Waals surface area contributed by atoms with Gasteiger partial charge in [-0.25, -0.2) is 4.99 Å². The lowest BCUT2D eigenvalue weighted by Gasteiger charge is -2.38. The molecular weight excluding hydrogens is 332 g/mol. The largest absolute Gasteiger partial charge is 0.383 e. The first-order chi connectivity index (χ1) is 11.8. The molecule has 4 N–H and O–H groups in total. The maximum atomic E-state index is 6.31. The van der Waals surface area contributed by atoms with Crippen LogP contribution in [0.15, 0.2) is 41.7 Å². The number of hydrogen-bond acceptors (Lipinski definition) is 3. The van der Waals surface area contributed by atoms with Crippen molar-refractivity contribution >= 4 is 23.0 Å². The number of rotatable bonds is 5. The molecule has 1 aliphatic heterocycles. The van der Waals surface area contributed by atoms with Crippen LogP contribution >= 0.6 is 11.6 Å². The van der Waals surface area contributed by atoms with Gasteiger partial charge in [0.15, 0.2) is 0 Å². The fourth-order valence-corrected chi connectivity index (χ4v) is 3.40. The molecule has 0 unspecified atom stereocenters. The second kappa shape index (κ2) is 8.07. The average Bonchev–Trinajstić information content (AvgIpc) is 2.58. The SMILES string of the molecule is C=C(C(N)=N/C(=C\C)N1CCC(C)(N)CC1)c1cccc(Cl)c1CC. The van der Waals surface area contributed by atoms with E-state index in [1.807, 2.05) is 31.2 Å². The number of piperidine rings is 1. The first kappa shape index (κ1) is 19.5. The Morgan fingerprint density at radius 1 is 1.40 bits per heavy atom. The Morgan fingerprint density at radius 2 is 2.04 bits per heavy atom. The monoisotopic (exact) mass is 360 g/mol. The lowest BCUT2D eigenvalue weighted by molar-refractivity contribution is 0.208. The Balaban J connectivity index is 2.22. The van der Waals surface area contributed by atoms with Crippen molar-refractivity contribution in [3.05, 3.63) is 52.8 Å². The summed E-state index contributed by atoms with van der Waals surface area (Å²) in [5.74, 6) is 1.29. The van der Waals surface area contributed by atoms with Crippen molar-refractivity contribution in [3.63, 3.8) is 0 Å². The molecule has 1 fully saturated rings. The van der Waals surface area contributed by atoms with Crippen LogP contribution in [0.3, 0.4) is 0 Å². The number of nitrogens with zero attached hydrogens (tertiary/aromatic N) is 2. The number of hydrogen-bond donors (Lipinski definition) is 2. The van der Waals surface area contributed by atoms with Crippen LogP contribution in [-0.4, -0.2) is 29.4 Å². The third-order valence-electron chi connectivity index (χ3n) is 4.83. The Hall–Kier alpha value is -1.78. The van der Waals surface area contributed by atoms with E-state index in [0.29, 0.717) is 11.4 Å². The Kier molecular flexibility index (Phi) is 6.31. The molecule has 0 saturated carbocycles. The van der Waals surface area contributed by atoms with Crippen molar-refractivity contribution in [2.24, 2.45) is 16.5 Å². The zero-order chi connectivity index (χ0) is 18.6. The highest BCUT2D eigenvalue weighted by Crippen LogP contribution is 2.27. The number of aliphatic imine (C=N–C) groups is 1. The fourth-order valence-electron chi connectivity index (χ4n) is 3.09. The van der Waals surface area contributed by atoms with E-state index in [2.05, 4.69) is 30.3 Å². The quantitative estimate of drug-likeness (QED) is 0.617. The third-order valence-corrected chi connectivity index (χ3v) is 5.18. The van der Waals surface area contributed by atoms with Gasteiger partial charge in [-0.2, -0.15) is 0 Å². The first-order valence-corrected chi connectivity index (χ1v) is 9.18. The third kappa shape index (κ3) is 4.65. The molecule has 0 radical (unpaired) electrons. The summed E-state index contributed by atoms with van der Waals surface area (Å²) < 4.78 is 0. The van der Waals surface area contributed by atoms with E-state index in [1.54, 1.807) is 0 Å². The van der Waals surface area contributed by atoms with Crippen LogP contribution in [0.5, 0.6) is 0 Å². The van der Waals surface area contributed by atoms with E-state index in [9.17, 15) is 0 Å². The molecule has 1 aliphatic rings. The molecule has 1 aromatic carbocycles. The van der Waals surface area contributed by atoms with Gasteiger partial charge in [-0.15, -0.1) is 0 Å². The number of nitrogens with two attached hydrogens (primary N) is 2. The van der Waals surface area contributed by atoms with Gasteiger partial charge in [0.05, 0.1) is 0 Å². The molecule has 0 spiro atoms. The van der Waals surface area contributed by atoms with Crippen LogP contribution in [0.2, 0.25) is 5.02 Å². The minimum atomic E-state index is -0.0922. The van der Waals surface area contributed by atoms with Gasteiger partial charge in [-0.1, -0.05) is 37.2 Å². The molecule has 5 heteroatoms. The molecule has 0 amide bonds. The molecule has 2 rings (SSSR count). The minimum absolute atomic E-state index is 0.0922. The normalized spacial score (nSPS) is 18.4. The molecular formula is C20H29ClN4. The van der Waals surface area contributed by atoms with Crippen molar-refractivity contribution in [1.29, 1.82) is 0 Å². The number of amidine groups is 1. The average molecular weight is 361 g/mol. The summed E-state index contributed by atoms with van der Waals surface area (Å²) >= 11 is 6.31. The predicted molar refractivity (Wildman–Crippen MR) is 109 cm³/mol. The maximum absolute atomic E-state index is 6.31. The lowest BCUT2D eigenvalue weighted by Crippen LogP contribution is -2.47. The smallest absolute Gasteiger partial charge is 0.133 e. The molecule has 0 aliphatic carbocycles. The van der Waals surface area contributed by atoms with Crippen molar-refractivity contribution in [2.75, 3.05) is 13.1 Å². The van der Waals surface area contributed by atoms with Crippen LogP contribution in [0.1, 0.15) is 44.7 Å². The molecule has 25 heavy (non-hydrogen) atoms. The number of halogens is 1. The van der Waals surface area contributed by atoms with Crippen LogP contribution in [0.4, 0.5) is 0 Å². The summed E-state index contributed by atoms with van der Waals surface area (Å²) in [6.45, 7) is 12.1. The summed E-state index contributed by atoms with van der Waals surface area (Å²) in [4.78, 5) is 6.88. The Morgan fingerprint density at radius 3 is 2.60 bits per heavy atom. The van der Waals surface area contributed by atoms with E-state index in [0.717, 1.165) is 54.3 Å². The van der Waals surface area contributed by atoms with Gasteiger partial charge in [0, 0.05) is 29.2 Å². The second-order valence-corrected chi connectivity index (χ2v) is 7.29. The fraction of sp³-hybridized carbons (Fsp3) is 0.450. The van der Waals surface area contributed by atoms with E-state index in [4.69, 9.17) is 23.1 Å². The molecule has 1 heterocycles. The van der Waals surface area contributed by atoms with E-state index in [1.165, 1.54) is 0 Å². The van der Waals surface area contributed by atoms with Crippen LogP contribution in [-0.2, 0) is 6.42 Å². The number of benzene rings is 1. The molecule has 136 valence electrons. The number of likely N-dealkylation sites (tertiary alicyclic amines) is 1. The maximum Gasteiger partial charge on any atom is 0.133 e. The van der Waals surface area contributed by atoms with Gasteiger partial charge >= 0.3 is 0 Å². The summed E-state index contributed by atoms with van der Waals surface area (Å²) in [5, 5.41) is 0.735. The summed E-state index contributed by atoms with van der Waals surface area (Å²) in [7, 11) is 0. The highest BCUT2D eigenvalue weighted by molar-refractivity contribution is 6.32. The molecule has 0 bridgehead atoms. The highest BCUT2D eigenvalue weighted by atomic mass is 35.5. The second-order valence-electron chi connectivity index (χ2n) is 6.88. The molecule has 1 saturated heterocycles. The van der Waals surface area contributed by atoms with Crippen LogP contribution < -0.4 is 11.5 Å². The van der Waals surface area contributed by atoms with Gasteiger partial charge in [0.1, 0.15) is 11.7 Å². The van der Waals surface area contributed by atoms with Crippen molar-refractivity contribution in [3.8, 4) is 0 Å². The summed E-state index contributed by atoms with van der Waals surface area (Å²) in [6, 6.07) is 5.80. The first-order valence-electron chi connectivity index (χ1n) is 8.80. The predicted octanol–water partition coefficient (Wildman–Crippen LogP) is 3.95. The van der Waals surface area contributed by atoms with Crippen LogP contribution in [0, 0.1) is 0 Å². The summed E-state index contributed by atoms with van der Waals surface area (Å²) in [5.41, 5.74) is 15.1. The van der Waals surface area contributed by atoms with E-state index < -0.39 is 0 Å². The van der Waals surface area contributed by atoms with Gasteiger partial charge in [0.2, 0.25) is 0 Å². The topological polar surface area (TPSA) is 67.6 Å². The molecule has 0 atom stereocenters. The molecule has 0 aromatic heterocycles. The van der Waals surface area contributed by atoms with E-state index >= 15 is 0 Å². The lowest BCUT2D eigenvalue weighted by atomic mass is 9.91. The highest BCUT2D eigenvalue weighted by Gasteiger charge is 2.26. The zero-order valence-corrected chi connectivity index (χ0v) is 16.2. The Labute approximate surface area is 156 Å². The zero-order valence-electron chi connectivity index (χ0n) is 15.5. The van der Waals surface area contributed by atoms with E-state index in [-0.39, 0.29) is 5.54 Å². The molecule has 4 nitrogen and oxygen atoms in total. The van der Waals surface area contributed by atoms with Crippen molar-refractivity contribution in [2.45, 2.75) is 45.6 Å². The summed E-state index contributed by atoms with van der Waals surface area (Å²) in [6.07, 6.45) is 4.68. The molecule has 1 aromatic rings. The van der Waals surface area contributed by atoms with Gasteiger partial charge in [-0.3, -0.25) is 0 Å². The van der Waals surface area contributed by atoms with Gasteiger partial charge in [0.25, 0.3) is 0 Å². The van der Waals surface area contributed by atoms with Crippen molar-refractivity contribution in [1.82, 2.24) is 4.90 Å². The standard InChI is InChI=1S/C20H29ClN4/c1-5-15-16(8-7-9-17(15)21)14(3)19(22)24-18(6-2)25-12-10-20(4,23)11-13-25/h6-9H,3,5,10-13,23H2,1-2,4H3,(H2,22,24)/b18-6+. The van der Waals surface area contributed by atoms with Crippen molar-refractivity contribution < 1.29 is 0 Å². The van der Waals surface area contributed by atoms with Crippen LogP contribution in [0.25, 0.3) is 5.57 Å². The number of allylic oxidation sites excluding steroid dienone is 1. The Bertz CT molecular complexity index is 694. The van der Waals surface area contributed by atoms with Gasteiger partial charge in [-0.05, 0) is 56.4 Å². The van der Waals surface area contributed by atoms with Gasteiger partial charge < -0.3 is 16.4 Å². The minimum Gasteiger partial charge on any atom is -0.383 e.